The molecule has 0 aromatic rings. The normalized spacial score (nSPS) is 9.50. The Hall–Kier alpha value is -1.10. The van der Waals surface area contributed by atoms with Crippen LogP contribution in [0.5, 0.6) is 0 Å². The van der Waals surface area contributed by atoms with Gasteiger partial charge >= 0.3 is 9.28 Å². The van der Waals surface area contributed by atoms with Crippen LogP contribution in [0.3, 0.4) is 0 Å². The second-order valence-corrected chi connectivity index (χ2v) is 5.39. The van der Waals surface area contributed by atoms with Crippen LogP contribution in [0.25, 0.3) is 0 Å². The Morgan fingerprint density at radius 3 is 1.25 bits per heavy atom. The van der Waals surface area contributed by atoms with Crippen LogP contribution in [0, 0.1) is 0 Å². The molecule has 0 heterocycles. The SMILES string of the molecule is COC(O[SiH](C)OC(OC)=C(C)C)=C(C)C. The summed E-state index contributed by atoms with van der Waals surface area (Å²) in [6.07, 6.45) is 0. The summed E-state index contributed by atoms with van der Waals surface area (Å²) < 4.78 is 21.4. The lowest BCUT2D eigenvalue weighted by Gasteiger charge is -2.19. The topological polar surface area (TPSA) is 36.9 Å². The molecule has 0 saturated carbocycles. The molecular formula is C11H22O4Si. The molecular weight excluding hydrogens is 224 g/mol. The first kappa shape index (κ1) is 14.9. The number of rotatable bonds is 6. The van der Waals surface area contributed by atoms with Gasteiger partial charge in [-0.05, 0) is 34.2 Å². The van der Waals surface area contributed by atoms with Gasteiger partial charge in [0.1, 0.15) is 0 Å². The van der Waals surface area contributed by atoms with Gasteiger partial charge in [0.15, 0.2) is 0 Å². The van der Waals surface area contributed by atoms with Crippen LogP contribution in [-0.2, 0) is 18.3 Å². The maximum atomic E-state index is 5.60. The monoisotopic (exact) mass is 246 g/mol. The molecule has 16 heavy (non-hydrogen) atoms. The van der Waals surface area contributed by atoms with Gasteiger partial charge < -0.3 is 18.3 Å². The first-order valence-corrected chi connectivity index (χ1v) is 7.28. The summed E-state index contributed by atoms with van der Waals surface area (Å²) in [6.45, 7) is 9.64. The van der Waals surface area contributed by atoms with Gasteiger partial charge in [-0.3, -0.25) is 0 Å². The van der Waals surface area contributed by atoms with Crippen LogP contribution in [0.1, 0.15) is 27.7 Å². The van der Waals surface area contributed by atoms with Crippen LogP contribution in [-0.4, -0.2) is 23.5 Å². The fraction of sp³-hybridized carbons (Fsp3) is 0.636. The van der Waals surface area contributed by atoms with Gasteiger partial charge in [0.2, 0.25) is 0 Å². The van der Waals surface area contributed by atoms with Crippen LogP contribution >= 0.6 is 0 Å². The van der Waals surface area contributed by atoms with Crippen molar-refractivity contribution in [1.29, 1.82) is 0 Å². The summed E-state index contributed by atoms with van der Waals surface area (Å²) in [5.74, 6) is 1.06. The van der Waals surface area contributed by atoms with Crippen molar-refractivity contribution in [3.8, 4) is 0 Å². The molecule has 0 aromatic heterocycles. The number of allylic oxidation sites excluding steroid dienone is 2. The van der Waals surface area contributed by atoms with Gasteiger partial charge in [0.05, 0.1) is 14.2 Å². The van der Waals surface area contributed by atoms with Crippen LogP contribution in [0.15, 0.2) is 23.0 Å². The predicted molar refractivity (Wildman–Crippen MR) is 65.9 cm³/mol. The average molecular weight is 246 g/mol. The number of hydrogen-bond acceptors (Lipinski definition) is 4. The molecule has 0 aromatic carbocycles. The van der Waals surface area contributed by atoms with Gasteiger partial charge in [-0.1, -0.05) is 0 Å². The van der Waals surface area contributed by atoms with Crippen LogP contribution in [0.2, 0.25) is 6.55 Å². The maximum absolute atomic E-state index is 5.60. The maximum Gasteiger partial charge on any atom is 0.445 e. The van der Waals surface area contributed by atoms with E-state index in [2.05, 4.69) is 0 Å². The zero-order chi connectivity index (χ0) is 12.7. The lowest BCUT2D eigenvalue weighted by molar-refractivity contribution is 0.0903. The quantitative estimate of drug-likeness (QED) is 0.533. The van der Waals surface area contributed by atoms with E-state index in [4.69, 9.17) is 18.3 Å². The van der Waals surface area contributed by atoms with Crippen LogP contribution < -0.4 is 0 Å². The molecule has 0 atom stereocenters. The van der Waals surface area contributed by atoms with Gasteiger partial charge in [0.25, 0.3) is 11.9 Å². The minimum atomic E-state index is -1.83. The highest BCUT2D eigenvalue weighted by molar-refractivity contribution is 6.43. The molecule has 0 rings (SSSR count). The Labute approximate surface area is 99.7 Å². The second-order valence-electron chi connectivity index (χ2n) is 3.79. The molecule has 0 spiro atoms. The van der Waals surface area contributed by atoms with Crippen molar-refractivity contribution in [3.63, 3.8) is 0 Å². The number of ether oxygens (including phenoxy) is 2. The Kier molecular flexibility index (Phi) is 6.72. The molecule has 0 fully saturated rings. The fourth-order valence-corrected chi connectivity index (χ4v) is 2.38. The minimum Gasteiger partial charge on any atom is -0.487 e. The highest BCUT2D eigenvalue weighted by Crippen LogP contribution is 2.12. The molecule has 0 radical (unpaired) electrons. The van der Waals surface area contributed by atoms with Crippen molar-refractivity contribution in [2.45, 2.75) is 34.2 Å². The molecule has 94 valence electrons. The summed E-state index contributed by atoms with van der Waals surface area (Å²) in [4.78, 5) is 0. The van der Waals surface area contributed by atoms with Crippen molar-refractivity contribution in [1.82, 2.24) is 0 Å². The summed E-state index contributed by atoms with van der Waals surface area (Å²) in [5, 5.41) is 0. The average Bonchev–Trinajstić information content (AvgIpc) is 2.21. The number of hydrogen-bond donors (Lipinski definition) is 0. The van der Waals surface area contributed by atoms with Crippen LogP contribution in [0.4, 0.5) is 0 Å². The standard InChI is InChI=1S/C11H22O4Si/c1-8(2)10(12-5)14-16(7)15-11(13-6)9(3)4/h16H,1-7H3. The third-order valence-corrected chi connectivity index (χ3v) is 2.83. The molecule has 0 aliphatic carbocycles. The molecule has 0 aliphatic heterocycles. The van der Waals surface area contributed by atoms with Gasteiger partial charge in [-0.15, -0.1) is 0 Å². The Morgan fingerprint density at radius 2 is 1.06 bits per heavy atom. The zero-order valence-corrected chi connectivity index (χ0v) is 12.4. The van der Waals surface area contributed by atoms with E-state index in [9.17, 15) is 0 Å². The summed E-state index contributed by atoms with van der Waals surface area (Å²) in [5.41, 5.74) is 1.98. The molecule has 0 amide bonds. The molecule has 0 unspecified atom stereocenters. The van der Waals surface area contributed by atoms with Crippen molar-refractivity contribution >= 4 is 9.28 Å². The van der Waals surface area contributed by atoms with E-state index in [0.717, 1.165) is 11.1 Å². The van der Waals surface area contributed by atoms with Crippen molar-refractivity contribution < 1.29 is 18.3 Å². The molecule has 5 heteroatoms. The highest BCUT2D eigenvalue weighted by Gasteiger charge is 2.15. The molecule has 0 aliphatic rings. The van der Waals surface area contributed by atoms with Gasteiger partial charge in [-0.25, -0.2) is 0 Å². The van der Waals surface area contributed by atoms with E-state index in [1.807, 2.05) is 34.2 Å². The fourth-order valence-electron chi connectivity index (χ4n) is 1.07. The van der Waals surface area contributed by atoms with E-state index < -0.39 is 9.28 Å². The Balaban J connectivity index is 4.44. The highest BCUT2D eigenvalue weighted by atomic mass is 28.3. The van der Waals surface area contributed by atoms with Gasteiger partial charge in [-0.2, -0.15) is 0 Å². The minimum absolute atomic E-state index is 0.531. The predicted octanol–water partition coefficient (Wildman–Crippen LogP) is 2.67. The first-order valence-electron chi connectivity index (χ1n) is 5.18. The third kappa shape index (κ3) is 5.11. The lowest BCUT2D eigenvalue weighted by Crippen LogP contribution is -2.20. The van der Waals surface area contributed by atoms with Crippen molar-refractivity contribution in [2.24, 2.45) is 0 Å². The van der Waals surface area contributed by atoms with E-state index in [0.29, 0.717) is 11.9 Å². The molecule has 4 nitrogen and oxygen atoms in total. The first-order chi connectivity index (χ1) is 7.42. The van der Waals surface area contributed by atoms with E-state index in [1.54, 1.807) is 14.2 Å². The van der Waals surface area contributed by atoms with Crippen molar-refractivity contribution in [3.05, 3.63) is 23.0 Å². The van der Waals surface area contributed by atoms with E-state index >= 15 is 0 Å². The Morgan fingerprint density at radius 1 is 0.750 bits per heavy atom. The summed E-state index contributed by atoms with van der Waals surface area (Å²) in [6, 6.07) is 0. The second kappa shape index (κ2) is 7.22. The van der Waals surface area contributed by atoms with E-state index in [-0.39, 0.29) is 0 Å². The third-order valence-electron chi connectivity index (χ3n) is 1.73. The summed E-state index contributed by atoms with van der Waals surface area (Å²) >= 11 is 0. The molecule has 0 bridgehead atoms. The molecule has 0 saturated heterocycles. The smallest absolute Gasteiger partial charge is 0.445 e. The summed E-state index contributed by atoms with van der Waals surface area (Å²) in [7, 11) is 1.34. The zero-order valence-electron chi connectivity index (χ0n) is 11.2. The number of methoxy groups -OCH3 is 2. The lowest BCUT2D eigenvalue weighted by atomic mass is 10.4. The van der Waals surface area contributed by atoms with Gasteiger partial charge in [0, 0.05) is 11.1 Å². The largest absolute Gasteiger partial charge is 0.487 e. The van der Waals surface area contributed by atoms with Crippen molar-refractivity contribution in [2.75, 3.05) is 14.2 Å². The molecule has 0 N–H and O–H groups in total. The van der Waals surface area contributed by atoms with E-state index in [1.165, 1.54) is 0 Å². The Bertz CT molecular complexity index is 248.